The highest BCUT2D eigenvalue weighted by atomic mass is 19.1. The Hall–Kier alpha value is -2.72. The molecule has 2 aromatic heterocycles. The topological polar surface area (TPSA) is 92.6 Å². The molecular weight excluding hydrogens is 461 g/mol. The van der Waals surface area contributed by atoms with Crippen molar-refractivity contribution in [2.45, 2.75) is 63.4 Å². The zero-order valence-corrected chi connectivity index (χ0v) is 20.7. The van der Waals surface area contributed by atoms with Gasteiger partial charge in [-0.25, -0.2) is 14.4 Å². The van der Waals surface area contributed by atoms with Gasteiger partial charge in [-0.15, -0.1) is 0 Å². The van der Waals surface area contributed by atoms with Crippen LogP contribution in [0.4, 0.5) is 10.3 Å². The number of aliphatic hydroxyl groups is 1. The summed E-state index contributed by atoms with van der Waals surface area (Å²) in [6.07, 6.45) is 4.61. The van der Waals surface area contributed by atoms with Gasteiger partial charge in [0.15, 0.2) is 5.82 Å². The number of rotatable bonds is 6. The van der Waals surface area contributed by atoms with Crippen LogP contribution in [0.25, 0.3) is 22.2 Å². The van der Waals surface area contributed by atoms with E-state index in [2.05, 4.69) is 34.0 Å². The number of nitrogens with one attached hydrogen (secondary N) is 1. The number of halogens is 1. The maximum atomic E-state index is 14.9. The lowest BCUT2D eigenvalue weighted by Crippen LogP contribution is -2.42. The number of fused-ring (bicyclic) bond motifs is 3. The minimum Gasteiger partial charge on any atom is -0.389 e. The highest BCUT2D eigenvalue weighted by Gasteiger charge is 2.39. The molecule has 0 amide bonds. The summed E-state index contributed by atoms with van der Waals surface area (Å²) < 4.78 is 26.0. The minimum absolute atomic E-state index is 0.227. The van der Waals surface area contributed by atoms with Gasteiger partial charge in [-0.1, -0.05) is 19.9 Å². The Kier molecular flexibility index (Phi) is 6.33. The number of anilines is 1. The maximum absolute atomic E-state index is 14.9. The Labute approximate surface area is 209 Å². The third kappa shape index (κ3) is 4.45. The normalized spacial score (nSPS) is 26.2. The second kappa shape index (κ2) is 9.63. The van der Waals surface area contributed by atoms with Gasteiger partial charge in [-0.05, 0) is 42.0 Å². The molecule has 3 aliphatic heterocycles. The second-order valence-corrected chi connectivity index (χ2v) is 10.4. The van der Waals surface area contributed by atoms with Crippen molar-refractivity contribution in [3.8, 4) is 11.3 Å². The minimum atomic E-state index is -0.660. The molecule has 2 N–H and O–H groups in total. The van der Waals surface area contributed by atoms with E-state index in [0.717, 1.165) is 37.0 Å². The van der Waals surface area contributed by atoms with Gasteiger partial charge in [0, 0.05) is 42.9 Å². The zero-order chi connectivity index (χ0) is 24.8. The van der Waals surface area contributed by atoms with Crippen molar-refractivity contribution in [1.82, 2.24) is 19.9 Å². The van der Waals surface area contributed by atoms with Gasteiger partial charge >= 0.3 is 0 Å². The zero-order valence-electron chi connectivity index (χ0n) is 20.7. The summed E-state index contributed by atoms with van der Waals surface area (Å²) in [5.74, 6) is 0.0784. The molecule has 9 heteroatoms. The predicted octanol–water partition coefficient (Wildman–Crippen LogP) is 3.49. The fourth-order valence-corrected chi connectivity index (χ4v) is 5.80. The molecule has 8 nitrogen and oxygen atoms in total. The van der Waals surface area contributed by atoms with Crippen LogP contribution < -0.4 is 5.32 Å². The highest BCUT2D eigenvalue weighted by Crippen LogP contribution is 2.35. The molecule has 0 spiro atoms. The number of hydrogen-bond donors (Lipinski definition) is 2. The van der Waals surface area contributed by atoms with Crippen LogP contribution in [0.3, 0.4) is 0 Å². The van der Waals surface area contributed by atoms with E-state index in [1.165, 1.54) is 17.3 Å². The van der Waals surface area contributed by atoms with E-state index >= 15 is 0 Å². The molecule has 2 bridgehead atoms. The molecule has 0 radical (unpaired) electrons. The van der Waals surface area contributed by atoms with Crippen LogP contribution in [0.15, 0.2) is 30.6 Å². The van der Waals surface area contributed by atoms with Gasteiger partial charge in [0.1, 0.15) is 5.69 Å². The lowest BCUT2D eigenvalue weighted by Gasteiger charge is -2.28. The first kappa shape index (κ1) is 23.7. The highest BCUT2D eigenvalue weighted by molar-refractivity contribution is 5.88. The van der Waals surface area contributed by atoms with Crippen molar-refractivity contribution in [3.05, 3.63) is 47.5 Å². The van der Waals surface area contributed by atoms with Gasteiger partial charge in [0.25, 0.3) is 0 Å². The lowest BCUT2D eigenvalue weighted by molar-refractivity contribution is -0.0136. The van der Waals surface area contributed by atoms with Crippen molar-refractivity contribution >= 4 is 16.9 Å². The third-order valence-corrected chi connectivity index (χ3v) is 7.62. The van der Waals surface area contributed by atoms with E-state index in [1.807, 2.05) is 24.4 Å². The number of aromatic nitrogens is 3. The van der Waals surface area contributed by atoms with Gasteiger partial charge in [0.05, 0.1) is 43.2 Å². The number of aliphatic hydroxyl groups excluding tert-OH is 1. The monoisotopic (exact) mass is 493 g/mol. The number of benzene rings is 1. The first-order valence-electron chi connectivity index (χ1n) is 12.8. The molecule has 4 atom stereocenters. The Bertz CT molecular complexity index is 1270. The first-order valence-corrected chi connectivity index (χ1v) is 12.8. The Morgan fingerprint density at radius 1 is 1.22 bits per heavy atom. The van der Waals surface area contributed by atoms with Crippen LogP contribution in [0, 0.1) is 5.82 Å². The van der Waals surface area contributed by atoms with Gasteiger partial charge in [-0.2, -0.15) is 0 Å². The molecule has 3 aliphatic rings. The summed E-state index contributed by atoms with van der Waals surface area (Å²) >= 11 is 0. The fourth-order valence-electron chi connectivity index (χ4n) is 5.80. The van der Waals surface area contributed by atoms with Crippen LogP contribution in [0.5, 0.6) is 0 Å². The molecule has 190 valence electrons. The summed E-state index contributed by atoms with van der Waals surface area (Å²) in [5.41, 5.74) is 4.23. The van der Waals surface area contributed by atoms with Crippen LogP contribution in [-0.2, 0) is 16.0 Å². The molecule has 0 unspecified atom stereocenters. The number of likely N-dealkylation sites (tertiary alicyclic amines) is 1. The van der Waals surface area contributed by atoms with E-state index < -0.39 is 11.9 Å². The average Bonchev–Trinajstić information content (AvgIpc) is 3.49. The van der Waals surface area contributed by atoms with Gasteiger partial charge in [0.2, 0.25) is 5.95 Å². The van der Waals surface area contributed by atoms with Crippen molar-refractivity contribution in [2.24, 2.45) is 0 Å². The molecule has 3 aromatic rings. The molecule has 6 rings (SSSR count). The van der Waals surface area contributed by atoms with E-state index in [1.54, 1.807) is 0 Å². The molecule has 36 heavy (non-hydrogen) atoms. The molecule has 3 saturated heterocycles. The van der Waals surface area contributed by atoms with Crippen LogP contribution in [0.1, 0.15) is 43.7 Å². The number of ether oxygens (including phenoxy) is 2. The molecule has 5 heterocycles. The Morgan fingerprint density at radius 2 is 2.11 bits per heavy atom. The molecular formula is C27H32FN5O3. The van der Waals surface area contributed by atoms with E-state index in [9.17, 15) is 9.50 Å². The molecule has 1 aromatic carbocycles. The third-order valence-electron chi connectivity index (χ3n) is 7.62. The van der Waals surface area contributed by atoms with Crippen molar-refractivity contribution in [2.75, 3.05) is 31.7 Å². The summed E-state index contributed by atoms with van der Waals surface area (Å²) in [5, 5.41) is 14.4. The second-order valence-electron chi connectivity index (χ2n) is 10.4. The molecule has 0 aliphatic carbocycles. The maximum Gasteiger partial charge on any atom is 0.223 e. The number of nitrogens with zero attached hydrogens (tertiary/aromatic N) is 4. The standard InChI is InChI=1S/C27H32FN5O3/c1-15(2)25-17(11-33-12-19-8-18(33)13-36-19)9-29-22-4-3-16(7-20(22)25)26-21(28)10-30-27(32-26)31-23-5-6-35-14-24(23)34/h3-4,7,9-10,15,18-19,23-24,34H,5-6,8,11-14H2,1-2H3,(H,30,31,32)/t18-,19-,23-,24-/m1/s1. The van der Waals surface area contributed by atoms with E-state index in [0.29, 0.717) is 36.7 Å². The van der Waals surface area contributed by atoms with E-state index in [4.69, 9.17) is 14.5 Å². The number of pyridine rings is 1. The van der Waals surface area contributed by atoms with Crippen molar-refractivity contribution < 1.29 is 19.0 Å². The summed E-state index contributed by atoms with van der Waals surface area (Å²) in [6, 6.07) is 6.03. The van der Waals surface area contributed by atoms with Crippen LogP contribution >= 0.6 is 0 Å². The van der Waals surface area contributed by atoms with Crippen LogP contribution in [-0.4, -0.2) is 75.6 Å². The number of hydrogen-bond acceptors (Lipinski definition) is 8. The quantitative estimate of drug-likeness (QED) is 0.539. The van der Waals surface area contributed by atoms with Crippen molar-refractivity contribution in [1.29, 1.82) is 0 Å². The first-order chi connectivity index (χ1) is 17.5. The summed E-state index contributed by atoms with van der Waals surface area (Å²) in [7, 11) is 0. The Balaban J connectivity index is 1.34. The average molecular weight is 494 g/mol. The number of morpholine rings is 1. The smallest absolute Gasteiger partial charge is 0.223 e. The summed E-state index contributed by atoms with van der Waals surface area (Å²) in [6.45, 7) is 7.80. The molecule has 3 fully saturated rings. The predicted molar refractivity (Wildman–Crippen MR) is 134 cm³/mol. The van der Waals surface area contributed by atoms with Crippen LogP contribution in [0.2, 0.25) is 0 Å². The SMILES string of the molecule is CC(C)c1c(CN2C[C@H]3C[C@@H]2CO3)cnc2ccc(-c3nc(N[C@@H]4CCOC[C@H]4O)ncc3F)cc12. The van der Waals surface area contributed by atoms with Gasteiger partial charge < -0.3 is 19.9 Å². The largest absolute Gasteiger partial charge is 0.389 e. The van der Waals surface area contributed by atoms with Gasteiger partial charge in [-0.3, -0.25) is 9.88 Å². The fraction of sp³-hybridized carbons (Fsp3) is 0.519. The Morgan fingerprint density at radius 3 is 2.86 bits per heavy atom. The van der Waals surface area contributed by atoms with E-state index in [-0.39, 0.29) is 24.3 Å². The lowest BCUT2D eigenvalue weighted by atomic mass is 9.92. The van der Waals surface area contributed by atoms with Crippen molar-refractivity contribution in [3.63, 3.8) is 0 Å². The molecule has 0 saturated carbocycles. The summed E-state index contributed by atoms with van der Waals surface area (Å²) in [4.78, 5) is 15.9.